The minimum absolute atomic E-state index is 0.554. The molecule has 1 unspecified atom stereocenters. The summed E-state index contributed by atoms with van der Waals surface area (Å²) in [4.78, 5) is 4.61. The van der Waals surface area contributed by atoms with Crippen LogP contribution in [-0.2, 0) is 6.42 Å². The lowest BCUT2D eigenvalue weighted by Gasteiger charge is -2.21. The minimum Gasteiger partial charge on any atom is -0.492 e. The Morgan fingerprint density at radius 3 is 3.04 bits per heavy atom. The van der Waals surface area contributed by atoms with Gasteiger partial charge in [0.25, 0.3) is 0 Å². The van der Waals surface area contributed by atoms with Crippen LogP contribution in [0.1, 0.15) is 25.0 Å². The number of benzene rings is 1. The van der Waals surface area contributed by atoms with Gasteiger partial charge in [-0.2, -0.15) is 0 Å². The van der Waals surface area contributed by atoms with Crippen molar-refractivity contribution in [2.45, 2.75) is 25.7 Å². The van der Waals surface area contributed by atoms with Crippen LogP contribution in [0.4, 0.5) is 0 Å². The Bertz CT molecular complexity index is 654. The summed E-state index contributed by atoms with van der Waals surface area (Å²) in [6.07, 6.45) is 5.97. The average molecular weight is 369 g/mol. The van der Waals surface area contributed by atoms with Crippen molar-refractivity contribution in [3.05, 3.63) is 35.2 Å². The van der Waals surface area contributed by atoms with Crippen molar-refractivity contribution in [1.82, 2.24) is 10.3 Å². The van der Waals surface area contributed by atoms with Crippen LogP contribution < -0.4 is 10.1 Å². The summed E-state index contributed by atoms with van der Waals surface area (Å²) in [7, 11) is 0. The summed E-state index contributed by atoms with van der Waals surface area (Å²) < 4.78 is 11.2. The van der Waals surface area contributed by atoms with Crippen molar-refractivity contribution in [2.75, 3.05) is 25.6 Å². The van der Waals surface area contributed by atoms with E-state index in [-0.39, 0.29) is 0 Å². The Morgan fingerprint density at radius 1 is 1.38 bits per heavy atom. The molecule has 24 heavy (non-hydrogen) atoms. The molecule has 2 heterocycles. The van der Waals surface area contributed by atoms with E-state index in [1.165, 1.54) is 12.8 Å². The number of piperidine rings is 1. The summed E-state index contributed by atoms with van der Waals surface area (Å²) in [5.41, 5.74) is 1.86. The first-order chi connectivity index (χ1) is 11.8. The van der Waals surface area contributed by atoms with E-state index in [0.29, 0.717) is 35.1 Å². The fourth-order valence-electron chi connectivity index (χ4n) is 2.91. The third-order valence-corrected chi connectivity index (χ3v) is 4.73. The molecule has 0 amide bonds. The summed E-state index contributed by atoms with van der Waals surface area (Å²) in [6.45, 7) is 2.74. The Morgan fingerprint density at radius 2 is 2.29 bits per heavy atom. The zero-order valence-corrected chi connectivity index (χ0v) is 15.1. The zero-order chi connectivity index (χ0) is 16.8. The predicted octanol–water partition coefficient (Wildman–Crippen LogP) is 4.54. The van der Waals surface area contributed by atoms with Crippen LogP contribution in [0.3, 0.4) is 0 Å². The van der Waals surface area contributed by atoms with Gasteiger partial charge < -0.3 is 14.5 Å². The van der Waals surface area contributed by atoms with Crippen LogP contribution >= 0.6 is 23.2 Å². The third kappa shape index (κ3) is 4.65. The second-order valence-electron chi connectivity index (χ2n) is 6.10. The van der Waals surface area contributed by atoms with Gasteiger partial charge in [-0.3, -0.25) is 0 Å². The number of oxazole rings is 1. The third-order valence-electron chi connectivity index (χ3n) is 4.16. The molecule has 0 aliphatic carbocycles. The highest BCUT2D eigenvalue weighted by Gasteiger charge is 2.16. The molecule has 130 valence electrons. The van der Waals surface area contributed by atoms with Crippen molar-refractivity contribution in [2.24, 2.45) is 5.92 Å². The van der Waals surface area contributed by atoms with Gasteiger partial charge in [0.05, 0.1) is 17.3 Å². The lowest BCUT2D eigenvalue weighted by Crippen LogP contribution is -2.30. The van der Waals surface area contributed by atoms with E-state index in [0.717, 1.165) is 37.2 Å². The van der Waals surface area contributed by atoms with Gasteiger partial charge in [0, 0.05) is 11.4 Å². The molecule has 2 aromatic rings. The van der Waals surface area contributed by atoms with Crippen molar-refractivity contribution in [1.29, 1.82) is 0 Å². The molecular weight excluding hydrogens is 347 g/mol. The Labute approximate surface area is 152 Å². The zero-order valence-electron chi connectivity index (χ0n) is 13.6. The average Bonchev–Trinajstić information content (AvgIpc) is 3.06. The fourth-order valence-corrected chi connectivity index (χ4v) is 3.26. The largest absolute Gasteiger partial charge is 0.492 e. The number of alkyl halides is 1. The number of hydrogen-bond acceptors (Lipinski definition) is 4. The van der Waals surface area contributed by atoms with Gasteiger partial charge in [-0.05, 0) is 62.9 Å². The van der Waals surface area contributed by atoms with E-state index in [1.54, 1.807) is 6.26 Å². The normalized spacial score (nSPS) is 17.8. The lowest BCUT2D eigenvalue weighted by molar-refractivity contribution is 0.318. The molecule has 0 saturated carbocycles. The first kappa shape index (κ1) is 17.6. The predicted molar refractivity (Wildman–Crippen MR) is 97.1 cm³/mol. The molecule has 1 aromatic heterocycles. The van der Waals surface area contributed by atoms with Gasteiger partial charge in [-0.1, -0.05) is 11.6 Å². The molecule has 1 N–H and O–H groups in total. The van der Waals surface area contributed by atoms with Crippen LogP contribution in [0.25, 0.3) is 11.5 Å². The number of aromatic nitrogens is 1. The van der Waals surface area contributed by atoms with Crippen LogP contribution in [0, 0.1) is 5.92 Å². The molecule has 0 bridgehead atoms. The molecule has 4 nitrogen and oxygen atoms in total. The Kier molecular flexibility index (Phi) is 6.41. The van der Waals surface area contributed by atoms with Crippen molar-refractivity contribution in [3.8, 4) is 17.2 Å². The number of nitrogens with zero attached hydrogens (tertiary/aromatic N) is 1. The Hall–Kier alpha value is -1.23. The van der Waals surface area contributed by atoms with Gasteiger partial charge in [0.1, 0.15) is 12.0 Å². The molecule has 1 atom stereocenters. The van der Waals surface area contributed by atoms with Gasteiger partial charge in [-0.15, -0.1) is 11.6 Å². The first-order valence-corrected chi connectivity index (χ1v) is 9.31. The van der Waals surface area contributed by atoms with E-state index in [4.69, 9.17) is 32.4 Å². The molecule has 1 saturated heterocycles. The molecule has 6 heteroatoms. The van der Waals surface area contributed by atoms with E-state index in [1.807, 2.05) is 18.2 Å². The van der Waals surface area contributed by atoms with Crippen LogP contribution in [0.2, 0.25) is 5.02 Å². The number of halogens is 2. The summed E-state index contributed by atoms with van der Waals surface area (Å²) in [5.74, 6) is 2.47. The number of ether oxygens (including phenoxy) is 1. The molecule has 3 rings (SSSR count). The summed E-state index contributed by atoms with van der Waals surface area (Å²) in [5, 5.41) is 3.98. The first-order valence-electron chi connectivity index (χ1n) is 8.40. The number of hydrogen-bond donors (Lipinski definition) is 1. The molecule has 1 fully saturated rings. The van der Waals surface area contributed by atoms with Crippen molar-refractivity contribution < 1.29 is 9.15 Å². The fraction of sp³-hybridized carbons (Fsp3) is 0.500. The van der Waals surface area contributed by atoms with Crippen LogP contribution in [-0.4, -0.2) is 30.6 Å². The summed E-state index contributed by atoms with van der Waals surface area (Å²) in [6, 6.07) is 5.59. The van der Waals surface area contributed by atoms with Crippen LogP contribution in [0.15, 0.2) is 28.9 Å². The van der Waals surface area contributed by atoms with E-state index < -0.39 is 0 Å². The van der Waals surface area contributed by atoms with Gasteiger partial charge in [0.15, 0.2) is 0 Å². The standard InChI is InChI=1S/C18H22Cl2N2O2/c19-6-2-8-23-17-5-4-14(10-16(17)20)18-22-15(12-24-18)9-13-3-1-7-21-11-13/h4-5,10,12-13,21H,1-3,6-9,11H2. The maximum atomic E-state index is 6.28. The second-order valence-corrected chi connectivity index (χ2v) is 6.88. The van der Waals surface area contributed by atoms with E-state index >= 15 is 0 Å². The number of nitrogens with one attached hydrogen (secondary N) is 1. The molecule has 1 aromatic carbocycles. The molecule has 0 spiro atoms. The van der Waals surface area contributed by atoms with Gasteiger partial charge in [-0.25, -0.2) is 4.98 Å². The SMILES string of the molecule is ClCCCOc1ccc(-c2nc(CC3CCCNC3)co2)cc1Cl. The van der Waals surface area contributed by atoms with Gasteiger partial charge >= 0.3 is 0 Å². The maximum absolute atomic E-state index is 6.28. The van der Waals surface area contributed by atoms with E-state index in [2.05, 4.69) is 10.3 Å². The smallest absolute Gasteiger partial charge is 0.226 e. The molecular formula is C18H22Cl2N2O2. The van der Waals surface area contributed by atoms with Crippen LogP contribution in [0.5, 0.6) is 5.75 Å². The van der Waals surface area contributed by atoms with E-state index in [9.17, 15) is 0 Å². The Balaban J connectivity index is 1.64. The maximum Gasteiger partial charge on any atom is 0.226 e. The summed E-state index contributed by atoms with van der Waals surface area (Å²) >= 11 is 11.9. The molecule has 1 aliphatic heterocycles. The molecule has 0 radical (unpaired) electrons. The topological polar surface area (TPSA) is 47.3 Å². The molecule has 1 aliphatic rings. The van der Waals surface area contributed by atoms with Gasteiger partial charge in [0.2, 0.25) is 5.89 Å². The quantitative estimate of drug-likeness (QED) is 0.575. The highest BCUT2D eigenvalue weighted by Crippen LogP contribution is 2.30. The monoisotopic (exact) mass is 368 g/mol. The van der Waals surface area contributed by atoms with Crippen molar-refractivity contribution in [3.63, 3.8) is 0 Å². The second kappa shape index (κ2) is 8.75. The number of rotatable bonds is 7. The highest BCUT2D eigenvalue weighted by molar-refractivity contribution is 6.32. The lowest BCUT2D eigenvalue weighted by atomic mass is 9.95. The van der Waals surface area contributed by atoms with Crippen molar-refractivity contribution >= 4 is 23.2 Å². The highest BCUT2D eigenvalue weighted by atomic mass is 35.5. The minimum atomic E-state index is 0.554.